The molecule has 6 nitrogen and oxygen atoms in total. The van der Waals surface area contributed by atoms with E-state index in [1.54, 1.807) is 14.0 Å². The highest BCUT2D eigenvalue weighted by Gasteiger charge is 2.43. The molecule has 1 aromatic rings. The molecule has 2 rings (SSSR count). The van der Waals surface area contributed by atoms with E-state index < -0.39 is 15.6 Å². The Morgan fingerprint density at radius 3 is 2.80 bits per heavy atom. The first-order valence-electron chi connectivity index (χ1n) is 7.02. The van der Waals surface area contributed by atoms with Crippen molar-refractivity contribution in [3.05, 3.63) is 12.0 Å². The van der Waals surface area contributed by atoms with Crippen LogP contribution in [0.5, 0.6) is 0 Å². The van der Waals surface area contributed by atoms with Crippen LogP contribution < -0.4 is 5.73 Å². The van der Waals surface area contributed by atoms with Crippen LogP contribution in [0.25, 0.3) is 0 Å². The molecule has 20 heavy (non-hydrogen) atoms. The summed E-state index contributed by atoms with van der Waals surface area (Å²) in [4.78, 5) is 6.79. The van der Waals surface area contributed by atoms with Crippen LogP contribution in [0, 0.1) is 12.8 Å². The van der Waals surface area contributed by atoms with Gasteiger partial charge in [0.25, 0.3) is 10.0 Å². The number of hydrogen-bond acceptors (Lipinski definition) is 4. The number of H-pyrrole nitrogens is 1. The molecular formula is C13H24N4O2S. The van der Waals surface area contributed by atoms with Gasteiger partial charge in [0.05, 0.1) is 6.20 Å². The van der Waals surface area contributed by atoms with E-state index in [1.807, 2.05) is 0 Å². The molecule has 1 aliphatic rings. The fraction of sp³-hybridized carbons (Fsp3) is 0.769. The molecular weight excluding hydrogens is 276 g/mol. The molecule has 2 atom stereocenters. The van der Waals surface area contributed by atoms with Crippen molar-refractivity contribution in [3.8, 4) is 0 Å². The van der Waals surface area contributed by atoms with Crippen molar-refractivity contribution < 1.29 is 8.42 Å². The SMILES string of the molecule is Cc1ncc(S(=O)(=O)N(C)C2(CN)CCCC(C)C2)[nH]1. The number of imidazole rings is 1. The van der Waals surface area contributed by atoms with E-state index in [-0.39, 0.29) is 5.03 Å². The van der Waals surface area contributed by atoms with Gasteiger partial charge >= 0.3 is 0 Å². The van der Waals surface area contributed by atoms with Crippen molar-refractivity contribution in [2.24, 2.45) is 11.7 Å². The third-order valence-electron chi connectivity index (χ3n) is 4.43. The fourth-order valence-electron chi connectivity index (χ4n) is 3.16. The minimum atomic E-state index is -3.58. The Kier molecular flexibility index (Phi) is 4.22. The Bertz CT molecular complexity index is 569. The lowest BCUT2D eigenvalue weighted by Gasteiger charge is -2.44. The van der Waals surface area contributed by atoms with Crippen molar-refractivity contribution in [1.29, 1.82) is 0 Å². The second-order valence-corrected chi connectivity index (χ2v) is 7.87. The summed E-state index contributed by atoms with van der Waals surface area (Å²) in [6, 6.07) is 0. The van der Waals surface area contributed by atoms with Crippen LogP contribution in [0.2, 0.25) is 0 Å². The number of nitrogens with one attached hydrogen (secondary N) is 1. The minimum Gasteiger partial charge on any atom is -0.332 e. The summed E-state index contributed by atoms with van der Waals surface area (Å²) >= 11 is 0. The van der Waals surface area contributed by atoms with Gasteiger partial charge < -0.3 is 10.7 Å². The van der Waals surface area contributed by atoms with Gasteiger partial charge in [-0.2, -0.15) is 4.31 Å². The molecule has 2 unspecified atom stereocenters. The zero-order valence-corrected chi connectivity index (χ0v) is 13.2. The molecule has 0 amide bonds. The third-order valence-corrected chi connectivity index (χ3v) is 6.31. The van der Waals surface area contributed by atoms with Crippen molar-refractivity contribution in [2.75, 3.05) is 13.6 Å². The first kappa shape index (κ1) is 15.5. The lowest BCUT2D eigenvalue weighted by molar-refractivity contribution is 0.127. The summed E-state index contributed by atoms with van der Waals surface area (Å²) in [7, 11) is -1.94. The van der Waals surface area contributed by atoms with E-state index in [4.69, 9.17) is 5.73 Å². The normalized spacial score (nSPS) is 27.9. The van der Waals surface area contributed by atoms with Gasteiger partial charge in [-0.1, -0.05) is 19.8 Å². The van der Waals surface area contributed by atoms with E-state index in [0.29, 0.717) is 18.3 Å². The van der Waals surface area contributed by atoms with Gasteiger partial charge in [0.1, 0.15) is 5.82 Å². The first-order chi connectivity index (χ1) is 9.32. The van der Waals surface area contributed by atoms with Gasteiger partial charge in [-0.25, -0.2) is 13.4 Å². The Labute approximate surface area is 120 Å². The predicted octanol–water partition coefficient (Wildman–Crippen LogP) is 1.25. The van der Waals surface area contributed by atoms with E-state index in [1.165, 1.54) is 10.5 Å². The Hall–Kier alpha value is -0.920. The molecule has 0 radical (unpaired) electrons. The number of aromatic amines is 1. The Balaban J connectivity index is 2.35. The van der Waals surface area contributed by atoms with Gasteiger partial charge in [0.15, 0.2) is 5.03 Å². The zero-order chi connectivity index (χ0) is 15.0. The summed E-state index contributed by atoms with van der Waals surface area (Å²) < 4.78 is 26.9. The Morgan fingerprint density at radius 1 is 1.60 bits per heavy atom. The molecule has 0 spiro atoms. The first-order valence-corrected chi connectivity index (χ1v) is 8.46. The van der Waals surface area contributed by atoms with Gasteiger partial charge in [-0.15, -0.1) is 0 Å². The standard InChI is InChI=1S/C13H24N4O2S/c1-10-5-4-6-13(7-10,9-14)17(3)20(18,19)12-8-15-11(2)16-12/h8,10H,4-7,9,14H2,1-3H3,(H,15,16). The summed E-state index contributed by atoms with van der Waals surface area (Å²) in [6.07, 6.45) is 5.15. The number of sulfonamides is 1. The van der Waals surface area contributed by atoms with Crippen LogP contribution in [0.3, 0.4) is 0 Å². The lowest BCUT2D eigenvalue weighted by Crippen LogP contribution is -2.56. The van der Waals surface area contributed by atoms with Crippen molar-refractivity contribution in [1.82, 2.24) is 14.3 Å². The molecule has 0 aliphatic heterocycles. The number of hydrogen-bond donors (Lipinski definition) is 2. The number of aromatic nitrogens is 2. The highest BCUT2D eigenvalue weighted by Crippen LogP contribution is 2.37. The largest absolute Gasteiger partial charge is 0.332 e. The third kappa shape index (κ3) is 2.62. The number of nitrogens with zero attached hydrogens (tertiary/aromatic N) is 2. The molecule has 1 aromatic heterocycles. The van der Waals surface area contributed by atoms with Crippen LogP contribution in [0.1, 0.15) is 38.4 Å². The van der Waals surface area contributed by atoms with E-state index in [2.05, 4.69) is 16.9 Å². The number of aryl methyl sites for hydroxylation is 1. The second kappa shape index (κ2) is 5.46. The smallest absolute Gasteiger partial charge is 0.260 e. The second-order valence-electron chi connectivity index (χ2n) is 5.94. The molecule has 3 N–H and O–H groups in total. The zero-order valence-electron chi connectivity index (χ0n) is 12.4. The van der Waals surface area contributed by atoms with Gasteiger partial charge in [-0.05, 0) is 25.7 Å². The molecule has 1 aliphatic carbocycles. The summed E-state index contributed by atoms with van der Waals surface area (Å²) in [5.74, 6) is 1.09. The summed E-state index contributed by atoms with van der Waals surface area (Å²) in [5, 5.41) is 0.142. The van der Waals surface area contributed by atoms with Crippen LogP contribution in [0.15, 0.2) is 11.2 Å². The average Bonchev–Trinajstić information content (AvgIpc) is 2.85. The van der Waals surface area contributed by atoms with Gasteiger partial charge in [-0.3, -0.25) is 0 Å². The highest BCUT2D eigenvalue weighted by atomic mass is 32.2. The summed E-state index contributed by atoms with van der Waals surface area (Å²) in [6.45, 7) is 4.24. The van der Waals surface area contributed by atoms with Crippen molar-refractivity contribution in [3.63, 3.8) is 0 Å². The highest BCUT2D eigenvalue weighted by molar-refractivity contribution is 7.89. The molecule has 1 heterocycles. The topological polar surface area (TPSA) is 92.1 Å². The lowest BCUT2D eigenvalue weighted by atomic mass is 9.76. The molecule has 0 bridgehead atoms. The van der Waals surface area contributed by atoms with E-state index in [0.717, 1.165) is 25.7 Å². The van der Waals surface area contributed by atoms with Gasteiger partial charge in [0.2, 0.25) is 0 Å². The van der Waals surface area contributed by atoms with E-state index in [9.17, 15) is 8.42 Å². The Morgan fingerprint density at radius 2 is 2.30 bits per heavy atom. The molecule has 0 aromatic carbocycles. The molecule has 1 fully saturated rings. The van der Waals surface area contributed by atoms with Crippen LogP contribution >= 0.6 is 0 Å². The maximum absolute atomic E-state index is 12.7. The van der Waals surface area contributed by atoms with Crippen molar-refractivity contribution in [2.45, 2.75) is 50.1 Å². The molecule has 0 saturated heterocycles. The van der Waals surface area contributed by atoms with Crippen LogP contribution in [-0.2, 0) is 10.0 Å². The van der Waals surface area contributed by atoms with Gasteiger partial charge in [0, 0.05) is 19.1 Å². The molecule has 114 valence electrons. The van der Waals surface area contributed by atoms with Crippen LogP contribution in [0.4, 0.5) is 0 Å². The van der Waals surface area contributed by atoms with Crippen LogP contribution in [-0.4, -0.2) is 41.8 Å². The number of likely N-dealkylation sites (N-methyl/N-ethyl adjacent to an activating group) is 1. The molecule has 1 saturated carbocycles. The number of nitrogens with two attached hydrogens (primary N) is 1. The average molecular weight is 300 g/mol. The summed E-state index contributed by atoms with van der Waals surface area (Å²) in [5.41, 5.74) is 5.47. The minimum absolute atomic E-state index is 0.142. The molecule has 7 heteroatoms. The van der Waals surface area contributed by atoms with Crippen molar-refractivity contribution >= 4 is 10.0 Å². The quantitative estimate of drug-likeness (QED) is 0.875. The fourth-order valence-corrected chi connectivity index (χ4v) is 4.67. The van der Waals surface area contributed by atoms with E-state index >= 15 is 0 Å². The predicted molar refractivity (Wildman–Crippen MR) is 77.7 cm³/mol. The number of rotatable bonds is 4. The maximum Gasteiger partial charge on any atom is 0.260 e. The maximum atomic E-state index is 12.7. The monoisotopic (exact) mass is 300 g/mol.